The van der Waals surface area contributed by atoms with Crippen molar-refractivity contribution in [3.8, 4) is 0 Å². The first-order valence-electron chi connectivity index (χ1n) is 4.36. The Labute approximate surface area is 74.3 Å². The monoisotopic (exact) mass is 173 g/mol. The fraction of sp³-hybridized carbons (Fsp3) is 0.778. The number of nitrogens with zero attached hydrogens (tertiary/aromatic N) is 1. The summed E-state index contributed by atoms with van der Waals surface area (Å²) < 4.78 is 0. The Balaban J connectivity index is 3.92. The third-order valence-corrected chi connectivity index (χ3v) is 1.96. The van der Waals surface area contributed by atoms with Crippen molar-refractivity contribution in [2.75, 3.05) is 26.3 Å². The second-order valence-electron chi connectivity index (χ2n) is 2.71. The van der Waals surface area contributed by atoms with E-state index in [1.54, 1.807) is 6.08 Å². The lowest BCUT2D eigenvalue weighted by Gasteiger charge is -2.27. The van der Waals surface area contributed by atoms with Gasteiger partial charge >= 0.3 is 0 Å². The highest BCUT2D eigenvalue weighted by molar-refractivity contribution is 4.79. The van der Waals surface area contributed by atoms with E-state index < -0.39 is 0 Å². The number of hydrogen-bond donors (Lipinski definition) is 2. The van der Waals surface area contributed by atoms with Crippen LogP contribution in [0.4, 0.5) is 0 Å². The summed E-state index contributed by atoms with van der Waals surface area (Å²) in [5.74, 6) is 0. The lowest BCUT2D eigenvalue weighted by molar-refractivity contribution is 0.108. The highest BCUT2D eigenvalue weighted by Gasteiger charge is 2.13. The van der Waals surface area contributed by atoms with Gasteiger partial charge in [-0.1, -0.05) is 13.0 Å². The van der Waals surface area contributed by atoms with Crippen molar-refractivity contribution < 1.29 is 10.2 Å². The molecule has 0 bridgehead atoms. The molecule has 0 heterocycles. The normalized spacial score (nSPS) is 13.3. The molecule has 0 radical (unpaired) electrons. The summed E-state index contributed by atoms with van der Waals surface area (Å²) in [4.78, 5) is 2.04. The minimum Gasteiger partial charge on any atom is -0.395 e. The SMILES string of the molecule is C=CCC(CO)N(CC)CCO. The number of likely N-dealkylation sites (N-methyl/N-ethyl adjacent to an activating group) is 1. The molecular weight excluding hydrogens is 154 g/mol. The van der Waals surface area contributed by atoms with Crippen molar-refractivity contribution >= 4 is 0 Å². The first-order chi connectivity index (χ1) is 5.79. The van der Waals surface area contributed by atoms with Crippen LogP contribution in [-0.4, -0.2) is 47.5 Å². The Kier molecular flexibility index (Phi) is 7.05. The Morgan fingerprint density at radius 2 is 2.17 bits per heavy atom. The van der Waals surface area contributed by atoms with E-state index >= 15 is 0 Å². The van der Waals surface area contributed by atoms with E-state index in [0.29, 0.717) is 6.54 Å². The molecule has 0 aromatic carbocycles. The lowest BCUT2D eigenvalue weighted by Crippen LogP contribution is -2.39. The second-order valence-corrected chi connectivity index (χ2v) is 2.71. The predicted octanol–water partition coefficient (Wildman–Crippen LogP) is 0.238. The summed E-state index contributed by atoms with van der Waals surface area (Å²) in [7, 11) is 0. The number of aliphatic hydroxyl groups is 2. The minimum absolute atomic E-state index is 0.111. The van der Waals surface area contributed by atoms with Crippen molar-refractivity contribution in [2.24, 2.45) is 0 Å². The fourth-order valence-corrected chi connectivity index (χ4v) is 1.26. The average Bonchev–Trinajstić information content (AvgIpc) is 2.11. The summed E-state index contributed by atoms with van der Waals surface area (Å²) >= 11 is 0. The molecule has 1 atom stereocenters. The Bertz CT molecular complexity index is 117. The molecule has 1 unspecified atom stereocenters. The molecule has 0 spiro atoms. The van der Waals surface area contributed by atoms with Gasteiger partial charge in [0, 0.05) is 12.6 Å². The van der Waals surface area contributed by atoms with Crippen molar-refractivity contribution in [2.45, 2.75) is 19.4 Å². The third kappa shape index (κ3) is 3.85. The zero-order valence-electron chi connectivity index (χ0n) is 7.74. The third-order valence-electron chi connectivity index (χ3n) is 1.96. The molecule has 0 aliphatic rings. The molecule has 0 saturated heterocycles. The van der Waals surface area contributed by atoms with E-state index in [-0.39, 0.29) is 19.3 Å². The van der Waals surface area contributed by atoms with Crippen LogP contribution in [0.5, 0.6) is 0 Å². The molecule has 3 nitrogen and oxygen atoms in total. The van der Waals surface area contributed by atoms with Crippen molar-refractivity contribution in [3.63, 3.8) is 0 Å². The zero-order valence-corrected chi connectivity index (χ0v) is 7.74. The molecule has 0 aromatic heterocycles. The number of rotatable bonds is 7. The van der Waals surface area contributed by atoms with E-state index in [0.717, 1.165) is 13.0 Å². The van der Waals surface area contributed by atoms with Gasteiger partial charge in [-0.05, 0) is 13.0 Å². The fourth-order valence-electron chi connectivity index (χ4n) is 1.26. The molecular formula is C9H19NO2. The summed E-state index contributed by atoms with van der Waals surface area (Å²) in [6.45, 7) is 7.37. The predicted molar refractivity (Wildman–Crippen MR) is 50.0 cm³/mol. The molecule has 12 heavy (non-hydrogen) atoms. The van der Waals surface area contributed by atoms with Crippen LogP contribution in [0.2, 0.25) is 0 Å². The van der Waals surface area contributed by atoms with E-state index in [1.165, 1.54) is 0 Å². The van der Waals surface area contributed by atoms with Crippen LogP contribution < -0.4 is 0 Å². The van der Waals surface area contributed by atoms with Gasteiger partial charge in [0.15, 0.2) is 0 Å². The van der Waals surface area contributed by atoms with Crippen LogP contribution in [-0.2, 0) is 0 Å². The highest BCUT2D eigenvalue weighted by Crippen LogP contribution is 2.03. The summed E-state index contributed by atoms with van der Waals surface area (Å²) in [6, 6.07) is 0.111. The van der Waals surface area contributed by atoms with Gasteiger partial charge < -0.3 is 10.2 Å². The van der Waals surface area contributed by atoms with Crippen molar-refractivity contribution in [3.05, 3.63) is 12.7 Å². The number of aliphatic hydroxyl groups excluding tert-OH is 2. The van der Waals surface area contributed by atoms with E-state index in [9.17, 15) is 0 Å². The van der Waals surface area contributed by atoms with Gasteiger partial charge in [0.05, 0.1) is 13.2 Å². The van der Waals surface area contributed by atoms with Gasteiger partial charge in [-0.15, -0.1) is 6.58 Å². The van der Waals surface area contributed by atoms with Gasteiger partial charge in [0.1, 0.15) is 0 Å². The molecule has 0 amide bonds. The molecule has 0 aliphatic carbocycles. The Morgan fingerprint density at radius 1 is 1.50 bits per heavy atom. The van der Waals surface area contributed by atoms with Gasteiger partial charge in [0.2, 0.25) is 0 Å². The van der Waals surface area contributed by atoms with Crippen LogP contribution >= 0.6 is 0 Å². The maximum Gasteiger partial charge on any atom is 0.0589 e. The molecule has 0 saturated carbocycles. The Morgan fingerprint density at radius 3 is 2.50 bits per heavy atom. The highest BCUT2D eigenvalue weighted by atomic mass is 16.3. The molecule has 0 fully saturated rings. The summed E-state index contributed by atoms with van der Waals surface area (Å²) in [6.07, 6.45) is 2.56. The van der Waals surface area contributed by atoms with Gasteiger partial charge in [-0.3, -0.25) is 4.90 Å². The van der Waals surface area contributed by atoms with Crippen molar-refractivity contribution in [1.29, 1.82) is 0 Å². The quantitative estimate of drug-likeness (QED) is 0.542. The largest absolute Gasteiger partial charge is 0.395 e. The van der Waals surface area contributed by atoms with Gasteiger partial charge in [0.25, 0.3) is 0 Å². The number of hydrogen-bond acceptors (Lipinski definition) is 3. The summed E-state index contributed by atoms with van der Waals surface area (Å²) in [5.41, 5.74) is 0. The molecule has 3 heteroatoms. The Hall–Kier alpha value is -0.380. The first kappa shape index (κ1) is 11.6. The van der Waals surface area contributed by atoms with Crippen molar-refractivity contribution in [1.82, 2.24) is 4.90 Å². The zero-order chi connectivity index (χ0) is 9.40. The van der Waals surface area contributed by atoms with E-state index in [1.807, 2.05) is 11.8 Å². The molecule has 0 aromatic rings. The van der Waals surface area contributed by atoms with E-state index in [2.05, 4.69) is 6.58 Å². The standard InChI is InChI=1S/C9H19NO2/c1-3-5-9(8-12)10(4-2)6-7-11/h3,9,11-12H,1,4-8H2,2H3. The van der Waals surface area contributed by atoms with Crippen LogP contribution in [0.1, 0.15) is 13.3 Å². The van der Waals surface area contributed by atoms with Gasteiger partial charge in [-0.25, -0.2) is 0 Å². The van der Waals surface area contributed by atoms with Crippen LogP contribution in [0.3, 0.4) is 0 Å². The molecule has 0 aliphatic heterocycles. The first-order valence-corrected chi connectivity index (χ1v) is 4.36. The minimum atomic E-state index is 0.111. The van der Waals surface area contributed by atoms with E-state index in [4.69, 9.17) is 10.2 Å². The van der Waals surface area contributed by atoms with Crippen LogP contribution in [0.15, 0.2) is 12.7 Å². The lowest BCUT2D eigenvalue weighted by atomic mass is 10.2. The summed E-state index contributed by atoms with van der Waals surface area (Å²) in [5, 5.41) is 17.7. The van der Waals surface area contributed by atoms with Crippen LogP contribution in [0.25, 0.3) is 0 Å². The average molecular weight is 173 g/mol. The van der Waals surface area contributed by atoms with Crippen LogP contribution in [0, 0.1) is 0 Å². The smallest absolute Gasteiger partial charge is 0.0589 e. The molecule has 2 N–H and O–H groups in total. The second kappa shape index (κ2) is 7.28. The van der Waals surface area contributed by atoms with Gasteiger partial charge in [-0.2, -0.15) is 0 Å². The maximum atomic E-state index is 9.01. The molecule has 0 rings (SSSR count). The maximum absolute atomic E-state index is 9.01. The topological polar surface area (TPSA) is 43.7 Å². The molecule has 72 valence electrons.